The van der Waals surface area contributed by atoms with E-state index in [-0.39, 0.29) is 18.6 Å². The summed E-state index contributed by atoms with van der Waals surface area (Å²) in [6, 6.07) is 8.46. The van der Waals surface area contributed by atoms with E-state index in [1.165, 1.54) is 0 Å². The van der Waals surface area contributed by atoms with Crippen LogP contribution in [0.4, 0.5) is 0 Å². The van der Waals surface area contributed by atoms with Gasteiger partial charge in [-0.1, -0.05) is 0 Å². The molecule has 1 aromatic carbocycles. The van der Waals surface area contributed by atoms with E-state index in [1.54, 1.807) is 37.5 Å². The average molecular weight is 330 g/mol. The van der Waals surface area contributed by atoms with Gasteiger partial charge in [0.25, 0.3) is 5.91 Å². The molecule has 0 saturated carbocycles. The third-order valence-electron chi connectivity index (χ3n) is 3.30. The number of amides is 1. The van der Waals surface area contributed by atoms with E-state index in [9.17, 15) is 4.79 Å². The highest BCUT2D eigenvalue weighted by atomic mass is 16.5. The number of nitrogens with one attached hydrogen (secondary N) is 1. The number of carbonyl (C=O) groups excluding carboxylic acids is 1. The van der Waals surface area contributed by atoms with Gasteiger partial charge in [-0.3, -0.25) is 9.78 Å². The first-order valence-corrected chi connectivity index (χ1v) is 7.84. The monoisotopic (exact) mass is 330 g/mol. The molecule has 1 atom stereocenters. The number of rotatable bonds is 8. The molecule has 2 rings (SSSR count). The molecular weight excluding hydrogens is 308 g/mol. The van der Waals surface area contributed by atoms with E-state index >= 15 is 0 Å². The predicted octanol–water partition coefficient (Wildman–Crippen LogP) is 2.17. The average Bonchev–Trinajstić information content (AvgIpc) is 2.61. The highest BCUT2D eigenvalue weighted by molar-refractivity contribution is 5.95. The number of aliphatic hydroxyl groups excluding tert-OH is 1. The topological polar surface area (TPSA) is 80.7 Å². The number of nitrogens with zero attached hydrogens (tertiary/aromatic N) is 1. The molecule has 1 aromatic heterocycles. The van der Waals surface area contributed by atoms with Crippen LogP contribution in [0.5, 0.6) is 11.5 Å². The number of ether oxygens (including phenoxy) is 2. The van der Waals surface area contributed by atoms with Crippen molar-refractivity contribution < 1.29 is 19.4 Å². The summed E-state index contributed by atoms with van der Waals surface area (Å²) in [7, 11) is 0. The molecule has 2 aromatic rings. The standard InChI is InChI=1S/C18H22N2O4/c1-3-23-17-10-15(18(22)20-13(2)11-21)4-5-16(17)24-12-14-6-8-19-9-7-14/h4-10,13,21H,3,11-12H2,1-2H3,(H,20,22). The van der Waals surface area contributed by atoms with Gasteiger partial charge in [-0.15, -0.1) is 0 Å². The first-order valence-electron chi connectivity index (χ1n) is 7.84. The summed E-state index contributed by atoms with van der Waals surface area (Å²) >= 11 is 0. The number of pyridine rings is 1. The van der Waals surface area contributed by atoms with Gasteiger partial charge in [-0.2, -0.15) is 0 Å². The Labute approximate surface area is 141 Å². The first kappa shape index (κ1) is 17.7. The summed E-state index contributed by atoms with van der Waals surface area (Å²) in [5, 5.41) is 11.7. The van der Waals surface area contributed by atoms with Crippen LogP contribution in [0.15, 0.2) is 42.7 Å². The summed E-state index contributed by atoms with van der Waals surface area (Å²) in [5.41, 5.74) is 1.45. The molecule has 0 radical (unpaired) electrons. The highest BCUT2D eigenvalue weighted by Gasteiger charge is 2.13. The van der Waals surface area contributed by atoms with Crippen molar-refractivity contribution in [2.75, 3.05) is 13.2 Å². The molecule has 0 spiro atoms. The van der Waals surface area contributed by atoms with E-state index in [1.807, 2.05) is 19.1 Å². The molecule has 0 aliphatic heterocycles. The van der Waals surface area contributed by atoms with Gasteiger partial charge in [-0.05, 0) is 49.7 Å². The summed E-state index contributed by atoms with van der Waals surface area (Å²) in [6.07, 6.45) is 3.41. The third-order valence-corrected chi connectivity index (χ3v) is 3.30. The Hall–Kier alpha value is -2.60. The van der Waals surface area contributed by atoms with Gasteiger partial charge in [-0.25, -0.2) is 0 Å². The van der Waals surface area contributed by atoms with E-state index in [2.05, 4.69) is 10.3 Å². The van der Waals surface area contributed by atoms with Crippen molar-refractivity contribution in [1.29, 1.82) is 0 Å². The van der Waals surface area contributed by atoms with Crippen LogP contribution >= 0.6 is 0 Å². The molecule has 6 nitrogen and oxygen atoms in total. The number of carbonyl (C=O) groups is 1. The SMILES string of the molecule is CCOc1cc(C(=O)NC(C)CO)ccc1OCc1ccncc1. The quantitative estimate of drug-likeness (QED) is 0.775. The maximum absolute atomic E-state index is 12.1. The zero-order valence-corrected chi connectivity index (χ0v) is 13.9. The summed E-state index contributed by atoms with van der Waals surface area (Å²) < 4.78 is 11.4. The molecule has 1 heterocycles. The largest absolute Gasteiger partial charge is 0.490 e. The Morgan fingerprint density at radius 1 is 1.21 bits per heavy atom. The fraction of sp³-hybridized carbons (Fsp3) is 0.333. The molecule has 24 heavy (non-hydrogen) atoms. The van der Waals surface area contributed by atoms with Crippen LogP contribution < -0.4 is 14.8 Å². The van der Waals surface area contributed by atoms with Crippen molar-refractivity contribution in [3.63, 3.8) is 0 Å². The van der Waals surface area contributed by atoms with Crippen LogP contribution in [0.25, 0.3) is 0 Å². The molecule has 0 fully saturated rings. The van der Waals surface area contributed by atoms with Crippen LogP contribution in [0.3, 0.4) is 0 Å². The van der Waals surface area contributed by atoms with Crippen molar-refractivity contribution in [1.82, 2.24) is 10.3 Å². The molecule has 0 aliphatic rings. The lowest BCUT2D eigenvalue weighted by atomic mass is 10.1. The van der Waals surface area contributed by atoms with Crippen LogP contribution in [0.2, 0.25) is 0 Å². The van der Waals surface area contributed by atoms with Gasteiger partial charge in [0.05, 0.1) is 13.2 Å². The second kappa shape index (κ2) is 8.88. The predicted molar refractivity (Wildman–Crippen MR) is 90.2 cm³/mol. The molecule has 0 bridgehead atoms. The number of aliphatic hydroxyl groups is 1. The highest BCUT2D eigenvalue weighted by Crippen LogP contribution is 2.29. The first-order chi connectivity index (χ1) is 11.6. The van der Waals surface area contributed by atoms with E-state index < -0.39 is 0 Å². The Morgan fingerprint density at radius 2 is 1.96 bits per heavy atom. The minimum atomic E-state index is -0.310. The Kier molecular flexibility index (Phi) is 6.57. The summed E-state index contributed by atoms with van der Waals surface area (Å²) in [5.74, 6) is 0.814. The van der Waals surface area contributed by atoms with Crippen LogP contribution in [-0.4, -0.2) is 35.3 Å². The maximum atomic E-state index is 12.1. The summed E-state index contributed by atoms with van der Waals surface area (Å²) in [4.78, 5) is 16.1. The Balaban J connectivity index is 2.12. The van der Waals surface area contributed by atoms with Gasteiger partial charge in [0.1, 0.15) is 6.61 Å². The molecule has 128 valence electrons. The van der Waals surface area contributed by atoms with E-state index in [0.29, 0.717) is 30.3 Å². The van der Waals surface area contributed by atoms with Gasteiger partial charge in [0.15, 0.2) is 11.5 Å². The minimum Gasteiger partial charge on any atom is -0.490 e. The molecular formula is C18H22N2O4. The second-order valence-corrected chi connectivity index (χ2v) is 5.30. The van der Waals surface area contributed by atoms with Gasteiger partial charge < -0.3 is 19.9 Å². The number of hydrogen-bond acceptors (Lipinski definition) is 5. The minimum absolute atomic E-state index is 0.114. The lowest BCUT2D eigenvalue weighted by Crippen LogP contribution is -2.34. The van der Waals surface area contributed by atoms with Crippen LogP contribution in [-0.2, 0) is 6.61 Å². The smallest absolute Gasteiger partial charge is 0.251 e. The Morgan fingerprint density at radius 3 is 2.62 bits per heavy atom. The van der Waals surface area contributed by atoms with E-state index in [0.717, 1.165) is 5.56 Å². The third kappa shape index (κ3) is 4.96. The zero-order valence-electron chi connectivity index (χ0n) is 13.9. The number of aromatic nitrogens is 1. The molecule has 6 heteroatoms. The van der Waals surface area contributed by atoms with Crippen molar-refractivity contribution in [2.24, 2.45) is 0 Å². The summed E-state index contributed by atoms with van der Waals surface area (Å²) in [6.45, 7) is 4.33. The van der Waals surface area contributed by atoms with Gasteiger partial charge >= 0.3 is 0 Å². The molecule has 2 N–H and O–H groups in total. The molecule has 0 saturated heterocycles. The van der Waals surface area contributed by atoms with Gasteiger partial charge in [0.2, 0.25) is 0 Å². The Bertz CT molecular complexity index is 661. The lowest BCUT2D eigenvalue weighted by Gasteiger charge is -2.15. The number of benzene rings is 1. The zero-order chi connectivity index (χ0) is 17.4. The number of hydrogen-bond donors (Lipinski definition) is 2. The molecule has 0 aliphatic carbocycles. The lowest BCUT2D eigenvalue weighted by molar-refractivity contribution is 0.0921. The van der Waals surface area contributed by atoms with Crippen LogP contribution in [0.1, 0.15) is 29.8 Å². The van der Waals surface area contributed by atoms with Crippen molar-refractivity contribution in [3.8, 4) is 11.5 Å². The molecule has 1 unspecified atom stereocenters. The van der Waals surface area contributed by atoms with Crippen molar-refractivity contribution >= 4 is 5.91 Å². The molecule has 1 amide bonds. The fourth-order valence-corrected chi connectivity index (χ4v) is 2.03. The maximum Gasteiger partial charge on any atom is 0.251 e. The normalized spacial score (nSPS) is 11.6. The van der Waals surface area contributed by atoms with Crippen LogP contribution in [0, 0.1) is 0 Å². The van der Waals surface area contributed by atoms with Crippen molar-refractivity contribution in [3.05, 3.63) is 53.9 Å². The second-order valence-electron chi connectivity index (χ2n) is 5.30. The van der Waals surface area contributed by atoms with Crippen molar-refractivity contribution in [2.45, 2.75) is 26.5 Å². The fourth-order valence-electron chi connectivity index (χ4n) is 2.03. The van der Waals surface area contributed by atoms with Gasteiger partial charge in [0, 0.05) is 24.0 Å². The van der Waals surface area contributed by atoms with E-state index in [4.69, 9.17) is 14.6 Å².